The van der Waals surface area contributed by atoms with Gasteiger partial charge in [-0.3, -0.25) is 0 Å². The van der Waals surface area contributed by atoms with E-state index in [-0.39, 0.29) is 5.56 Å². The largest absolute Gasteiger partial charge is 0.235 e. The Kier molecular flexibility index (Phi) is 5.75. The van der Waals surface area contributed by atoms with Crippen molar-refractivity contribution in [3.05, 3.63) is 47.5 Å². The minimum Gasteiger partial charge on any atom is -0.235 e. The molecule has 1 aromatic heterocycles. The molecule has 1 saturated carbocycles. The number of hydrogen-bond donors (Lipinski definition) is 0. The summed E-state index contributed by atoms with van der Waals surface area (Å²) in [5, 5.41) is 8.76. The number of nitriles is 1. The fourth-order valence-corrected chi connectivity index (χ4v) is 3.76. The highest BCUT2D eigenvalue weighted by Crippen LogP contribution is 2.38. The quantitative estimate of drug-likeness (QED) is 0.665. The van der Waals surface area contributed by atoms with Crippen LogP contribution < -0.4 is 0 Å². The smallest absolute Gasteiger partial charge is 0.234 e. The normalized spacial score (nSPS) is 20.2. The molecule has 0 N–H and O–H groups in total. The molecule has 0 bridgehead atoms. The van der Waals surface area contributed by atoms with Gasteiger partial charge in [0.1, 0.15) is 11.6 Å². The minimum absolute atomic E-state index is 0.125. The summed E-state index contributed by atoms with van der Waals surface area (Å²) >= 11 is 0. The molecule has 0 unspecified atom stereocenters. The summed E-state index contributed by atoms with van der Waals surface area (Å²) in [7, 11) is 0. The molecule has 3 rings (SSSR count). The van der Waals surface area contributed by atoms with Crippen molar-refractivity contribution in [3.8, 4) is 17.5 Å². The first kappa shape index (κ1) is 17.5. The minimum atomic E-state index is -0.762. The highest BCUT2D eigenvalue weighted by atomic mass is 19.1. The summed E-state index contributed by atoms with van der Waals surface area (Å²) in [6.45, 7) is 2.26. The molecule has 130 valence electrons. The Labute approximate surface area is 148 Å². The van der Waals surface area contributed by atoms with Crippen molar-refractivity contribution in [1.82, 2.24) is 9.97 Å². The molecule has 0 spiro atoms. The molecule has 25 heavy (non-hydrogen) atoms. The SMILES string of the molecule is CCCCC1CCC(c2ccc(-c3ncc(C#N)c(F)n3)cc2)CC1. The third-order valence-corrected chi connectivity index (χ3v) is 5.32. The second-order valence-corrected chi connectivity index (χ2v) is 6.99. The first-order valence-electron chi connectivity index (χ1n) is 9.24. The molecule has 1 aromatic carbocycles. The van der Waals surface area contributed by atoms with E-state index in [9.17, 15) is 4.39 Å². The number of halogens is 1. The van der Waals surface area contributed by atoms with Gasteiger partial charge in [0, 0.05) is 5.56 Å². The fourth-order valence-electron chi connectivity index (χ4n) is 3.76. The van der Waals surface area contributed by atoms with Gasteiger partial charge in [-0.25, -0.2) is 4.98 Å². The lowest BCUT2D eigenvalue weighted by Crippen LogP contribution is -2.13. The maximum atomic E-state index is 13.7. The van der Waals surface area contributed by atoms with Crippen LogP contribution in [-0.4, -0.2) is 9.97 Å². The monoisotopic (exact) mass is 337 g/mol. The Bertz CT molecular complexity index is 741. The van der Waals surface area contributed by atoms with E-state index >= 15 is 0 Å². The first-order valence-corrected chi connectivity index (χ1v) is 9.24. The van der Waals surface area contributed by atoms with Gasteiger partial charge in [0.25, 0.3) is 0 Å². The summed E-state index contributed by atoms with van der Waals surface area (Å²) in [5.41, 5.74) is 2.01. The van der Waals surface area contributed by atoms with E-state index < -0.39 is 5.95 Å². The van der Waals surface area contributed by atoms with Crippen molar-refractivity contribution in [2.75, 3.05) is 0 Å². The number of nitrogens with zero attached hydrogens (tertiary/aromatic N) is 3. The van der Waals surface area contributed by atoms with Gasteiger partial charge < -0.3 is 0 Å². The zero-order valence-corrected chi connectivity index (χ0v) is 14.7. The Morgan fingerprint density at radius 3 is 2.48 bits per heavy atom. The molecular weight excluding hydrogens is 313 g/mol. The van der Waals surface area contributed by atoms with Crippen molar-refractivity contribution >= 4 is 0 Å². The first-order chi connectivity index (χ1) is 12.2. The van der Waals surface area contributed by atoms with Gasteiger partial charge in [-0.15, -0.1) is 0 Å². The van der Waals surface area contributed by atoms with Crippen LogP contribution in [0.25, 0.3) is 11.4 Å². The second-order valence-electron chi connectivity index (χ2n) is 6.99. The van der Waals surface area contributed by atoms with Crippen LogP contribution in [-0.2, 0) is 0 Å². The lowest BCUT2D eigenvalue weighted by atomic mass is 9.77. The average Bonchev–Trinajstić information content (AvgIpc) is 2.67. The third-order valence-electron chi connectivity index (χ3n) is 5.32. The molecule has 1 aliphatic carbocycles. The van der Waals surface area contributed by atoms with E-state index in [4.69, 9.17) is 5.26 Å². The maximum Gasteiger partial charge on any atom is 0.234 e. The maximum absolute atomic E-state index is 13.7. The predicted molar refractivity (Wildman–Crippen MR) is 96.4 cm³/mol. The molecule has 2 aromatic rings. The molecule has 0 atom stereocenters. The van der Waals surface area contributed by atoms with Gasteiger partial charge in [0.2, 0.25) is 5.95 Å². The van der Waals surface area contributed by atoms with Crippen LogP contribution in [0.1, 0.15) is 68.9 Å². The average molecular weight is 337 g/mol. The van der Waals surface area contributed by atoms with Crippen LogP contribution in [0.5, 0.6) is 0 Å². The lowest BCUT2D eigenvalue weighted by Gasteiger charge is -2.28. The Hall–Kier alpha value is -2.28. The summed E-state index contributed by atoms with van der Waals surface area (Å²) in [4.78, 5) is 7.88. The van der Waals surface area contributed by atoms with Crippen molar-refractivity contribution in [2.24, 2.45) is 5.92 Å². The molecule has 1 aliphatic rings. The zero-order valence-electron chi connectivity index (χ0n) is 14.7. The van der Waals surface area contributed by atoms with E-state index in [1.807, 2.05) is 12.1 Å². The topological polar surface area (TPSA) is 49.6 Å². The number of aromatic nitrogens is 2. The molecule has 4 heteroatoms. The number of rotatable bonds is 5. The summed E-state index contributed by atoms with van der Waals surface area (Å²) in [5.74, 6) is 1.10. The van der Waals surface area contributed by atoms with Crippen LogP contribution in [0, 0.1) is 23.2 Å². The number of hydrogen-bond acceptors (Lipinski definition) is 3. The zero-order chi connectivity index (χ0) is 17.6. The Morgan fingerprint density at radius 2 is 1.88 bits per heavy atom. The van der Waals surface area contributed by atoms with Crippen LogP contribution in [0.2, 0.25) is 0 Å². The second kappa shape index (κ2) is 8.20. The highest BCUT2D eigenvalue weighted by Gasteiger charge is 2.22. The van der Waals surface area contributed by atoms with Crippen LogP contribution >= 0.6 is 0 Å². The summed E-state index contributed by atoms with van der Waals surface area (Å²) < 4.78 is 13.7. The molecule has 1 fully saturated rings. The van der Waals surface area contributed by atoms with Crippen molar-refractivity contribution in [3.63, 3.8) is 0 Å². The van der Waals surface area contributed by atoms with Gasteiger partial charge in [0.05, 0.1) is 6.20 Å². The standard InChI is InChI=1S/C21H24FN3/c1-2-3-4-15-5-7-16(8-6-15)17-9-11-18(12-10-17)21-24-14-19(13-23)20(22)25-21/h9-12,14-16H,2-8H2,1H3. The van der Waals surface area contributed by atoms with E-state index in [0.717, 1.165) is 11.5 Å². The van der Waals surface area contributed by atoms with Crippen LogP contribution in [0.3, 0.4) is 0 Å². The molecule has 0 aliphatic heterocycles. The van der Waals surface area contributed by atoms with E-state index in [1.165, 1.54) is 56.7 Å². The molecule has 1 heterocycles. The third kappa shape index (κ3) is 4.22. The summed E-state index contributed by atoms with van der Waals surface area (Å²) in [6.07, 6.45) is 10.4. The lowest BCUT2D eigenvalue weighted by molar-refractivity contribution is 0.304. The van der Waals surface area contributed by atoms with E-state index in [2.05, 4.69) is 29.0 Å². The number of unbranched alkanes of at least 4 members (excludes halogenated alkanes) is 1. The van der Waals surface area contributed by atoms with E-state index in [0.29, 0.717) is 11.7 Å². The molecular formula is C21H24FN3. The Morgan fingerprint density at radius 1 is 1.16 bits per heavy atom. The fraction of sp³-hybridized carbons (Fsp3) is 0.476. The molecule has 0 saturated heterocycles. The van der Waals surface area contributed by atoms with Crippen molar-refractivity contribution in [2.45, 2.75) is 57.8 Å². The van der Waals surface area contributed by atoms with Crippen molar-refractivity contribution < 1.29 is 4.39 Å². The predicted octanol–water partition coefficient (Wildman–Crippen LogP) is 5.62. The van der Waals surface area contributed by atoms with Gasteiger partial charge >= 0.3 is 0 Å². The highest BCUT2D eigenvalue weighted by molar-refractivity contribution is 5.55. The van der Waals surface area contributed by atoms with Gasteiger partial charge in [-0.1, -0.05) is 50.5 Å². The van der Waals surface area contributed by atoms with E-state index in [1.54, 1.807) is 6.07 Å². The molecule has 0 radical (unpaired) electrons. The molecule has 3 nitrogen and oxygen atoms in total. The molecule has 0 amide bonds. The van der Waals surface area contributed by atoms with Crippen molar-refractivity contribution in [1.29, 1.82) is 5.26 Å². The van der Waals surface area contributed by atoms with Crippen LogP contribution in [0.4, 0.5) is 4.39 Å². The van der Waals surface area contributed by atoms with Crippen LogP contribution in [0.15, 0.2) is 30.5 Å². The van der Waals surface area contributed by atoms with Gasteiger partial charge in [-0.2, -0.15) is 14.6 Å². The summed E-state index contributed by atoms with van der Waals surface area (Å²) in [6, 6.07) is 9.89. The number of benzene rings is 1. The Balaban J connectivity index is 1.65. The van der Waals surface area contributed by atoms with Gasteiger partial charge in [-0.05, 0) is 43.1 Å². The van der Waals surface area contributed by atoms with Gasteiger partial charge in [0.15, 0.2) is 5.82 Å².